The molecule has 1 heterocycles. The van der Waals surface area contributed by atoms with Crippen LogP contribution in [0, 0.1) is 0 Å². The molecule has 0 saturated carbocycles. The van der Waals surface area contributed by atoms with Crippen molar-refractivity contribution in [2.24, 2.45) is 0 Å². The number of nitrogens with one attached hydrogen (secondary N) is 1. The van der Waals surface area contributed by atoms with E-state index in [1.807, 2.05) is 29.2 Å². The van der Waals surface area contributed by atoms with Crippen molar-refractivity contribution in [2.45, 2.75) is 38.8 Å². The molecule has 1 aromatic rings. The van der Waals surface area contributed by atoms with Crippen LogP contribution in [0.5, 0.6) is 0 Å². The van der Waals surface area contributed by atoms with Gasteiger partial charge in [0.05, 0.1) is 0 Å². The van der Waals surface area contributed by atoms with E-state index in [1.54, 1.807) is 0 Å². The third-order valence-corrected chi connectivity index (χ3v) is 3.70. The predicted octanol–water partition coefficient (Wildman–Crippen LogP) is 2.48. The van der Waals surface area contributed by atoms with Crippen LogP contribution in [0.3, 0.4) is 0 Å². The summed E-state index contributed by atoms with van der Waals surface area (Å²) in [7, 11) is 0. The van der Waals surface area contributed by atoms with E-state index >= 15 is 0 Å². The largest absolute Gasteiger partial charge is 0.340 e. The summed E-state index contributed by atoms with van der Waals surface area (Å²) in [6.45, 7) is 5.86. The first-order chi connectivity index (χ1) is 9.04. The van der Waals surface area contributed by atoms with Crippen LogP contribution in [-0.2, 0) is 11.2 Å². The molecule has 4 heteroatoms. The number of aryl methyl sites for hydroxylation is 1. The molecule has 1 saturated heterocycles. The van der Waals surface area contributed by atoms with E-state index in [1.165, 1.54) is 0 Å². The van der Waals surface area contributed by atoms with E-state index in [0.717, 1.165) is 30.1 Å². The predicted molar refractivity (Wildman–Crippen MR) is 78.4 cm³/mol. The van der Waals surface area contributed by atoms with Gasteiger partial charge in [0.25, 0.3) is 0 Å². The molecule has 1 aromatic carbocycles. The minimum absolute atomic E-state index is 0.246. The van der Waals surface area contributed by atoms with Crippen molar-refractivity contribution in [2.75, 3.05) is 13.1 Å². The molecule has 0 radical (unpaired) electrons. The van der Waals surface area contributed by atoms with Gasteiger partial charge >= 0.3 is 0 Å². The molecule has 1 N–H and O–H groups in total. The van der Waals surface area contributed by atoms with Crippen LogP contribution in [0.1, 0.15) is 25.8 Å². The Kier molecular flexibility index (Phi) is 4.83. The molecule has 104 valence electrons. The first-order valence-corrected chi connectivity index (χ1v) is 7.20. The Hall–Kier alpha value is -1.06. The zero-order chi connectivity index (χ0) is 13.8. The molecule has 1 fully saturated rings. The Morgan fingerprint density at radius 2 is 1.84 bits per heavy atom. The molecule has 1 aliphatic heterocycles. The molecule has 0 bridgehead atoms. The van der Waals surface area contributed by atoms with Crippen molar-refractivity contribution in [3.63, 3.8) is 0 Å². The fraction of sp³-hybridized carbons (Fsp3) is 0.533. The summed E-state index contributed by atoms with van der Waals surface area (Å²) in [5.41, 5.74) is 1.16. The highest BCUT2D eigenvalue weighted by molar-refractivity contribution is 6.30. The summed E-state index contributed by atoms with van der Waals surface area (Å²) in [5.74, 6) is 0.246. The van der Waals surface area contributed by atoms with Gasteiger partial charge in [-0.15, -0.1) is 0 Å². The zero-order valence-electron chi connectivity index (χ0n) is 11.5. The van der Waals surface area contributed by atoms with Crippen molar-refractivity contribution >= 4 is 17.5 Å². The molecule has 2 atom stereocenters. The average molecular weight is 281 g/mol. The van der Waals surface area contributed by atoms with E-state index < -0.39 is 0 Å². The molecule has 1 amide bonds. The number of benzene rings is 1. The van der Waals surface area contributed by atoms with E-state index in [-0.39, 0.29) is 5.91 Å². The van der Waals surface area contributed by atoms with Crippen LogP contribution in [0.25, 0.3) is 0 Å². The van der Waals surface area contributed by atoms with Gasteiger partial charge in [0.2, 0.25) is 5.91 Å². The molecule has 0 spiro atoms. The van der Waals surface area contributed by atoms with Gasteiger partial charge in [0, 0.05) is 36.6 Å². The topological polar surface area (TPSA) is 32.3 Å². The maximum absolute atomic E-state index is 12.2. The molecule has 3 nitrogen and oxygen atoms in total. The number of hydrogen-bond donors (Lipinski definition) is 1. The first kappa shape index (κ1) is 14.4. The smallest absolute Gasteiger partial charge is 0.223 e. The molecule has 1 aliphatic rings. The van der Waals surface area contributed by atoms with Gasteiger partial charge in [0.1, 0.15) is 0 Å². The third-order valence-electron chi connectivity index (χ3n) is 3.45. The lowest BCUT2D eigenvalue weighted by molar-refractivity contribution is -0.132. The van der Waals surface area contributed by atoms with E-state index in [4.69, 9.17) is 11.6 Å². The van der Waals surface area contributed by atoms with E-state index in [0.29, 0.717) is 18.5 Å². The van der Waals surface area contributed by atoms with Crippen molar-refractivity contribution in [1.29, 1.82) is 0 Å². The lowest BCUT2D eigenvalue weighted by Gasteiger charge is -2.36. The van der Waals surface area contributed by atoms with Crippen LogP contribution in [-0.4, -0.2) is 36.0 Å². The van der Waals surface area contributed by atoms with Gasteiger partial charge in [-0.1, -0.05) is 23.7 Å². The lowest BCUT2D eigenvalue weighted by atomic mass is 10.1. The monoisotopic (exact) mass is 280 g/mol. The second-order valence-corrected chi connectivity index (χ2v) is 5.83. The quantitative estimate of drug-likeness (QED) is 0.923. The number of rotatable bonds is 3. The minimum atomic E-state index is 0.246. The first-order valence-electron chi connectivity index (χ1n) is 6.83. The Morgan fingerprint density at radius 1 is 1.26 bits per heavy atom. The SMILES string of the molecule is C[C@H]1CN(C(=O)CCc2ccc(Cl)cc2)C[C@H](C)N1. The zero-order valence-corrected chi connectivity index (χ0v) is 12.3. The summed E-state index contributed by atoms with van der Waals surface area (Å²) in [6.07, 6.45) is 1.35. The van der Waals surface area contributed by atoms with E-state index in [9.17, 15) is 4.79 Å². The number of amides is 1. The molecule has 2 rings (SSSR count). The minimum Gasteiger partial charge on any atom is -0.340 e. The van der Waals surface area contributed by atoms with Crippen molar-refractivity contribution < 1.29 is 4.79 Å². The fourth-order valence-corrected chi connectivity index (χ4v) is 2.72. The maximum atomic E-state index is 12.2. The van der Waals surface area contributed by atoms with Crippen LogP contribution in [0.4, 0.5) is 0 Å². The van der Waals surface area contributed by atoms with Gasteiger partial charge in [-0.3, -0.25) is 4.79 Å². The Bertz CT molecular complexity index is 422. The number of halogens is 1. The Balaban J connectivity index is 1.85. The van der Waals surface area contributed by atoms with E-state index in [2.05, 4.69) is 19.2 Å². The van der Waals surface area contributed by atoms with Gasteiger partial charge in [0.15, 0.2) is 0 Å². The van der Waals surface area contributed by atoms with Crippen molar-refractivity contribution in [1.82, 2.24) is 10.2 Å². The lowest BCUT2D eigenvalue weighted by Crippen LogP contribution is -2.55. The number of piperazine rings is 1. The highest BCUT2D eigenvalue weighted by Crippen LogP contribution is 2.12. The number of carbonyl (C=O) groups is 1. The molecule has 19 heavy (non-hydrogen) atoms. The highest BCUT2D eigenvalue weighted by atomic mass is 35.5. The number of hydrogen-bond acceptors (Lipinski definition) is 2. The third kappa shape index (κ3) is 4.22. The molecule has 0 unspecified atom stereocenters. The summed E-state index contributed by atoms with van der Waals surface area (Å²) in [4.78, 5) is 14.2. The average Bonchev–Trinajstić information content (AvgIpc) is 2.36. The summed E-state index contributed by atoms with van der Waals surface area (Å²) in [5, 5.41) is 4.17. The second kappa shape index (κ2) is 6.40. The summed E-state index contributed by atoms with van der Waals surface area (Å²) >= 11 is 5.85. The van der Waals surface area contributed by atoms with Gasteiger partial charge < -0.3 is 10.2 Å². The second-order valence-electron chi connectivity index (χ2n) is 5.39. The standard InChI is InChI=1S/C15H21ClN2O/c1-11-9-18(10-12(2)17-11)15(19)8-5-13-3-6-14(16)7-4-13/h3-4,6-7,11-12,17H,5,8-10H2,1-2H3/t11-,12-/m0/s1. The van der Waals surface area contributed by atoms with Crippen molar-refractivity contribution in [3.8, 4) is 0 Å². The molecular weight excluding hydrogens is 260 g/mol. The van der Waals surface area contributed by atoms with Crippen LogP contribution < -0.4 is 5.32 Å². The van der Waals surface area contributed by atoms with Crippen LogP contribution in [0.15, 0.2) is 24.3 Å². The van der Waals surface area contributed by atoms with Crippen molar-refractivity contribution in [3.05, 3.63) is 34.9 Å². The normalized spacial score (nSPS) is 23.4. The van der Waals surface area contributed by atoms with Gasteiger partial charge in [-0.25, -0.2) is 0 Å². The Labute approximate surface area is 119 Å². The molecule has 0 aromatic heterocycles. The van der Waals surface area contributed by atoms with Crippen LogP contribution in [0.2, 0.25) is 5.02 Å². The summed E-state index contributed by atoms with van der Waals surface area (Å²) in [6, 6.07) is 8.47. The maximum Gasteiger partial charge on any atom is 0.223 e. The number of carbonyl (C=O) groups excluding carboxylic acids is 1. The Morgan fingerprint density at radius 3 is 2.42 bits per heavy atom. The van der Waals surface area contributed by atoms with Gasteiger partial charge in [-0.2, -0.15) is 0 Å². The highest BCUT2D eigenvalue weighted by Gasteiger charge is 2.24. The molecule has 0 aliphatic carbocycles. The van der Waals surface area contributed by atoms with Crippen LogP contribution >= 0.6 is 11.6 Å². The molecular formula is C15H21ClN2O. The van der Waals surface area contributed by atoms with Gasteiger partial charge in [-0.05, 0) is 38.0 Å². The number of nitrogens with zero attached hydrogens (tertiary/aromatic N) is 1. The fourth-order valence-electron chi connectivity index (χ4n) is 2.59. The summed E-state index contributed by atoms with van der Waals surface area (Å²) < 4.78 is 0.